The topological polar surface area (TPSA) is 14.2 Å². The molecule has 59 heavy (non-hydrogen) atoms. The normalized spacial score (nSPS) is 20.8. The van der Waals surface area contributed by atoms with Crippen molar-refractivity contribution in [3.05, 3.63) is 218 Å². The number of para-hydroxylation sites is 2. The van der Waals surface area contributed by atoms with Gasteiger partial charge in [0.1, 0.15) is 11.5 Å². The van der Waals surface area contributed by atoms with Gasteiger partial charge in [0.2, 0.25) is 0 Å². The molecule has 3 heterocycles. The van der Waals surface area contributed by atoms with Gasteiger partial charge >= 0.3 is 0 Å². The zero-order valence-corrected chi connectivity index (χ0v) is 31.3. The van der Waals surface area contributed by atoms with Crippen molar-refractivity contribution < 1.29 is 51.3 Å². The van der Waals surface area contributed by atoms with Crippen molar-refractivity contribution in [1.29, 1.82) is 0 Å². The number of hydrogen-bond donors (Lipinski definition) is 0. The lowest BCUT2D eigenvalue weighted by Gasteiger charge is -2.37. The lowest BCUT2D eigenvalue weighted by Crippen LogP contribution is -2.74. The maximum absolute atomic E-state index is 10.5. The predicted molar refractivity (Wildman–Crippen MR) is 253 cm³/mol. The van der Waals surface area contributed by atoms with Crippen molar-refractivity contribution in [2.45, 2.75) is 4.90 Å². The second-order valence-corrected chi connectivity index (χ2v) is 17.6. The molecule has 2 aliphatic heterocycles. The van der Waals surface area contributed by atoms with Crippen LogP contribution in [0.1, 0.15) is 46.6 Å². The van der Waals surface area contributed by atoms with Crippen LogP contribution in [0.5, 0.6) is 11.5 Å². The molecule has 9 aromatic carbocycles. The standard InChI is InChI=1S/C54H36BNOSSi/c1-4-19-40(20-5-1)59(41-21-6-2-7-22-41,42-23-8-3-9-24-42)43-31-32-48-51(36-43)57-52-35-38(34-47-46-27-12-15-30-53(46)58-55(48)54(47)52)37-17-16-18-39(33-37)56-49-28-13-10-25-44(49)45-26-11-14-29-50(45)56/h1-36H/i1D,2D,3D,4D,5D,6D,7D,8D,9D,10D,11D,12D,13D,14D,15D,16D,17D,18D,19D,20D,21D,22D,23D,25D,26D,27D,28D,30D,31D,32D,33D,34D,35D,36D. The van der Waals surface area contributed by atoms with E-state index < -0.39 is 296 Å². The molecule has 0 N–H and O–H groups in total. The summed E-state index contributed by atoms with van der Waals surface area (Å²) < 4.78 is 322. The van der Waals surface area contributed by atoms with E-state index in [0.29, 0.717) is 17.7 Å². The molecule has 0 bridgehead atoms. The minimum absolute atomic E-state index is 0.366. The summed E-state index contributed by atoms with van der Waals surface area (Å²) in [4.78, 5) is -0.385. The zero-order chi connectivity index (χ0) is 68.5. The van der Waals surface area contributed by atoms with Crippen molar-refractivity contribution >= 4 is 79.2 Å². The second-order valence-electron chi connectivity index (χ2n) is 12.9. The minimum atomic E-state index is -6.22. The van der Waals surface area contributed by atoms with E-state index in [2.05, 4.69) is 0 Å². The predicted octanol–water partition coefficient (Wildman–Crippen LogP) is 9.81. The third-order valence-electron chi connectivity index (χ3n) is 9.94. The molecular weight excluding hydrogens is 750 g/mol. The Morgan fingerprint density at radius 3 is 1.98 bits per heavy atom. The highest BCUT2D eigenvalue weighted by atomic mass is 32.2. The van der Waals surface area contributed by atoms with Gasteiger partial charge < -0.3 is 9.30 Å². The maximum Gasteiger partial charge on any atom is 0.289 e. The van der Waals surface area contributed by atoms with Crippen molar-refractivity contribution in [2.24, 2.45) is 0 Å². The highest BCUT2D eigenvalue weighted by Gasteiger charge is 2.44. The molecule has 2 nitrogen and oxygen atoms in total. The molecule has 0 radical (unpaired) electrons. The van der Waals surface area contributed by atoms with E-state index in [1.165, 1.54) is 0 Å². The van der Waals surface area contributed by atoms with E-state index in [4.69, 9.17) is 29.4 Å². The molecule has 10 aromatic rings. The summed E-state index contributed by atoms with van der Waals surface area (Å²) in [5.41, 5.74) is -5.48. The largest absolute Gasteiger partial charge is 0.458 e. The average molecular weight is 820 g/mol. The summed E-state index contributed by atoms with van der Waals surface area (Å²) in [7, 11) is -6.22. The number of ether oxygens (including phenoxy) is 1. The van der Waals surface area contributed by atoms with Gasteiger partial charge in [0, 0.05) is 21.4 Å². The average Bonchev–Trinajstić information content (AvgIpc) is 1.11. The fourth-order valence-corrected chi connectivity index (χ4v) is 12.4. The molecule has 2 aliphatic rings. The minimum Gasteiger partial charge on any atom is -0.458 e. The first-order valence-electron chi connectivity index (χ1n) is 34.5. The van der Waals surface area contributed by atoms with Crippen LogP contribution in [0.3, 0.4) is 0 Å². The molecule has 5 heteroatoms. The molecule has 0 atom stereocenters. The van der Waals surface area contributed by atoms with Crippen molar-refractivity contribution in [3.63, 3.8) is 0 Å². The van der Waals surface area contributed by atoms with Crippen LogP contribution < -0.4 is 36.4 Å². The fourth-order valence-electron chi connectivity index (χ4n) is 7.49. The Morgan fingerprint density at radius 2 is 1.15 bits per heavy atom. The summed E-state index contributed by atoms with van der Waals surface area (Å²) in [6.45, 7) is 0. The molecule has 276 valence electrons. The lowest BCUT2D eigenvalue weighted by molar-refractivity contribution is 0.488. The molecule has 12 rings (SSSR count). The van der Waals surface area contributed by atoms with Crippen LogP contribution >= 0.6 is 11.6 Å². The van der Waals surface area contributed by atoms with Gasteiger partial charge in [-0.25, -0.2) is 0 Å². The molecule has 0 fully saturated rings. The first-order chi connectivity index (χ1) is 43.4. The number of nitrogens with zero attached hydrogens (tertiary/aromatic N) is 1. The van der Waals surface area contributed by atoms with Gasteiger partial charge in [-0.2, -0.15) is 11.6 Å². The van der Waals surface area contributed by atoms with Gasteiger partial charge in [-0.15, -0.1) is 0 Å². The van der Waals surface area contributed by atoms with Gasteiger partial charge in [0.15, 0.2) is 8.07 Å². The lowest BCUT2D eigenvalue weighted by atomic mass is 9.57. The summed E-state index contributed by atoms with van der Waals surface area (Å²) in [6.07, 6.45) is 0. The Labute approximate surface area is 397 Å². The molecule has 0 saturated carbocycles. The monoisotopic (exact) mass is 819 g/mol. The number of benzene rings is 9. The Morgan fingerprint density at radius 1 is 0.475 bits per heavy atom. The smallest absolute Gasteiger partial charge is 0.289 e. The quantitative estimate of drug-likeness (QED) is 0.123. The van der Waals surface area contributed by atoms with E-state index in [9.17, 15) is 21.9 Å². The molecule has 0 aliphatic carbocycles. The van der Waals surface area contributed by atoms with E-state index in [1.807, 2.05) is 0 Å². The molecule has 0 spiro atoms. The Kier molecular flexibility index (Phi) is 3.36. The molecule has 0 unspecified atom stereocenters. The first kappa shape index (κ1) is 14.5. The van der Waals surface area contributed by atoms with Crippen molar-refractivity contribution in [1.82, 2.24) is 4.57 Å². The Hall–Kier alpha value is -6.79. The highest BCUT2D eigenvalue weighted by Crippen LogP contribution is 2.45. The first-order valence-corrected chi connectivity index (χ1v) is 20.4. The van der Waals surface area contributed by atoms with Crippen LogP contribution in [0.4, 0.5) is 0 Å². The Bertz CT molecular complexity index is 5120. The van der Waals surface area contributed by atoms with Crippen LogP contribution in [0, 0.1) is 0 Å². The number of fused-ring (bicyclic) bond motifs is 7. The molecule has 0 saturated heterocycles. The van der Waals surface area contributed by atoms with Gasteiger partial charge in [-0.1, -0.05) is 169 Å². The van der Waals surface area contributed by atoms with Crippen molar-refractivity contribution in [3.8, 4) is 39.4 Å². The van der Waals surface area contributed by atoms with Crippen LogP contribution in [-0.2, 0) is 0 Å². The molecule has 1 aromatic heterocycles. The third-order valence-corrected chi connectivity index (χ3v) is 15.3. The van der Waals surface area contributed by atoms with E-state index in [0.717, 1.165) is 10.6 Å². The van der Waals surface area contributed by atoms with Crippen molar-refractivity contribution in [2.75, 3.05) is 0 Å². The fraction of sp³-hybridized carbons (Fsp3) is 0. The van der Waals surface area contributed by atoms with Crippen LogP contribution in [0.25, 0.3) is 49.7 Å². The Balaban J connectivity index is 1.29. The summed E-state index contributed by atoms with van der Waals surface area (Å²) in [5, 5.41) is -4.81. The summed E-state index contributed by atoms with van der Waals surface area (Å²) in [6, 6.07) is -32.3. The molecular formula is C54H36BNOSSi. The number of hydrogen-bond acceptors (Lipinski definition) is 2. The molecule has 0 amide bonds. The van der Waals surface area contributed by atoms with Gasteiger partial charge in [0.05, 0.1) is 57.6 Å². The maximum atomic E-state index is 10.5. The highest BCUT2D eigenvalue weighted by molar-refractivity contribution is 8.28. The van der Waals surface area contributed by atoms with E-state index in [-0.39, 0.29) is 21.3 Å². The van der Waals surface area contributed by atoms with Gasteiger partial charge in [-0.3, -0.25) is 0 Å². The van der Waals surface area contributed by atoms with Crippen LogP contribution in [-0.4, -0.2) is 18.6 Å². The number of aromatic nitrogens is 1. The number of rotatable bonds is 6. The van der Waals surface area contributed by atoms with Crippen LogP contribution in [0.15, 0.2) is 222 Å². The van der Waals surface area contributed by atoms with Gasteiger partial charge in [0.25, 0.3) is 5.99 Å². The second kappa shape index (κ2) is 13.7. The summed E-state index contributed by atoms with van der Waals surface area (Å²) >= 11 is 0.543. The van der Waals surface area contributed by atoms with E-state index in [1.54, 1.807) is 0 Å². The zero-order valence-electron chi connectivity index (χ0n) is 63.5. The summed E-state index contributed by atoms with van der Waals surface area (Å²) in [5.74, 6) is -3.50. The van der Waals surface area contributed by atoms with Crippen LogP contribution in [0.2, 0.25) is 0 Å². The third kappa shape index (κ3) is 5.28. The SMILES string of the molecule is [2H]c1cc([Si](c2c([2H])c([2H])c([2H])c([2H])c2[2H])(c2c([2H])c([2H])c([2H])c([2H])c2[2H])c2c([2H])c([2H])c3c(c2[2H])Oc2c([2H])c(-c4c([2H])c([2H])c([2H])c(-n5c6cc([2H])c([2H])c([2H])c6c6c([2H])c([2H])c([2H])c([2H])c65)c4[2H])c([2H])c4c2B3Sc2c([2H])c([2H])c([2H])c([2H])c2-4)c([2H])c([2H])c1[2H]. The van der Waals surface area contributed by atoms with E-state index >= 15 is 0 Å². The van der Waals surface area contributed by atoms with Gasteiger partial charge in [-0.05, 0) is 102 Å².